The van der Waals surface area contributed by atoms with Crippen LogP contribution < -0.4 is 5.32 Å². The number of nitrogens with zero attached hydrogens (tertiary/aromatic N) is 1. The van der Waals surface area contributed by atoms with Gasteiger partial charge in [-0.05, 0) is 37.5 Å². The number of unbranched alkanes of at least 4 members (excludes halogenated alkanes) is 1. The number of rotatable bonds is 5. The Labute approximate surface area is 141 Å². The Morgan fingerprint density at radius 3 is 2.79 bits per heavy atom. The van der Waals surface area contributed by atoms with E-state index in [1.54, 1.807) is 12.1 Å². The van der Waals surface area contributed by atoms with E-state index in [0.29, 0.717) is 29.8 Å². The van der Waals surface area contributed by atoms with Crippen molar-refractivity contribution < 1.29 is 19.1 Å². The molecule has 0 aliphatic carbocycles. The molecule has 3 amide bonds. The fourth-order valence-electron chi connectivity index (χ4n) is 3.07. The zero-order valence-corrected chi connectivity index (χ0v) is 13.8. The summed E-state index contributed by atoms with van der Waals surface area (Å²) in [5, 5.41) is 2.92. The van der Waals surface area contributed by atoms with Crippen LogP contribution in [0.25, 0.3) is 0 Å². The fourth-order valence-corrected chi connectivity index (χ4v) is 3.07. The number of nitrogens with one attached hydrogen (secondary N) is 1. The van der Waals surface area contributed by atoms with E-state index in [9.17, 15) is 14.4 Å². The maximum Gasteiger partial charge on any atom is 0.261 e. The van der Waals surface area contributed by atoms with Crippen LogP contribution in [0.4, 0.5) is 0 Å². The molecule has 1 unspecified atom stereocenters. The Morgan fingerprint density at radius 2 is 2.08 bits per heavy atom. The molecule has 1 fully saturated rings. The topological polar surface area (TPSA) is 75.7 Å². The normalized spacial score (nSPS) is 20.2. The molecule has 1 aromatic rings. The van der Waals surface area contributed by atoms with Gasteiger partial charge in [0.1, 0.15) is 0 Å². The van der Waals surface area contributed by atoms with Gasteiger partial charge in [-0.2, -0.15) is 0 Å². The van der Waals surface area contributed by atoms with E-state index in [0.717, 1.165) is 32.3 Å². The lowest BCUT2D eigenvalue weighted by atomic mass is 10.0. The SMILES string of the molecule is CCCCN1C(=O)c2ccc(C(=O)NC3CCCOC3)cc2C1=O. The molecule has 0 saturated carbocycles. The molecule has 6 nitrogen and oxygen atoms in total. The van der Waals surface area contributed by atoms with Crippen LogP contribution in [0.15, 0.2) is 18.2 Å². The average molecular weight is 330 g/mol. The number of amides is 3. The van der Waals surface area contributed by atoms with Crippen molar-refractivity contribution in [2.75, 3.05) is 19.8 Å². The summed E-state index contributed by atoms with van der Waals surface area (Å²) in [5.74, 6) is -0.809. The summed E-state index contributed by atoms with van der Waals surface area (Å²) in [6.07, 6.45) is 3.50. The van der Waals surface area contributed by atoms with Gasteiger partial charge in [0.15, 0.2) is 0 Å². The number of imide groups is 1. The Balaban J connectivity index is 1.75. The predicted octanol–water partition coefficient (Wildman–Crippen LogP) is 1.99. The second-order valence-corrected chi connectivity index (χ2v) is 6.26. The van der Waals surface area contributed by atoms with Crippen molar-refractivity contribution in [2.45, 2.75) is 38.6 Å². The first-order valence-corrected chi connectivity index (χ1v) is 8.50. The van der Waals surface area contributed by atoms with E-state index in [1.807, 2.05) is 6.92 Å². The molecule has 0 radical (unpaired) electrons. The highest BCUT2D eigenvalue weighted by atomic mass is 16.5. The smallest absolute Gasteiger partial charge is 0.261 e. The fraction of sp³-hybridized carbons (Fsp3) is 0.500. The number of fused-ring (bicyclic) bond motifs is 1. The van der Waals surface area contributed by atoms with Gasteiger partial charge in [-0.15, -0.1) is 0 Å². The van der Waals surface area contributed by atoms with Gasteiger partial charge in [-0.1, -0.05) is 13.3 Å². The molecular formula is C18H22N2O4. The number of benzene rings is 1. The molecule has 0 aromatic heterocycles. The van der Waals surface area contributed by atoms with Gasteiger partial charge in [0.2, 0.25) is 0 Å². The highest BCUT2D eigenvalue weighted by Crippen LogP contribution is 2.24. The Hall–Kier alpha value is -2.21. The summed E-state index contributed by atoms with van der Waals surface area (Å²) in [4.78, 5) is 38.4. The number of carbonyl (C=O) groups excluding carboxylic acids is 3. The van der Waals surface area contributed by atoms with Gasteiger partial charge in [-0.25, -0.2) is 0 Å². The molecule has 3 rings (SSSR count). The second kappa shape index (κ2) is 7.13. The van der Waals surface area contributed by atoms with Gasteiger partial charge in [0, 0.05) is 18.7 Å². The largest absolute Gasteiger partial charge is 0.379 e. The van der Waals surface area contributed by atoms with E-state index in [-0.39, 0.29) is 23.8 Å². The number of hydrogen-bond acceptors (Lipinski definition) is 4. The van der Waals surface area contributed by atoms with Crippen LogP contribution in [0.5, 0.6) is 0 Å². The molecule has 1 N–H and O–H groups in total. The van der Waals surface area contributed by atoms with E-state index in [4.69, 9.17) is 4.74 Å². The Bertz CT molecular complexity index is 665. The minimum Gasteiger partial charge on any atom is -0.379 e. The maximum atomic E-state index is 12.4. The third-order valence-corrected chi connectivity index (χ3v) is 4.46. The van der Waals surface area contributed by atoms with Crippen LogP contribution in [0.1, 0.15) is 63.7 Å². The van der Waals surface area contributed by atoms with Crippen LogP contribution in [-0.2, 0) is 4.74 Å². The van der Waals surface area contributed by atoms with E-state index in [1.165, 1.54) is 11.0 Å². The molecule has 1 aromatic carbocycles. The minimum atomic E-state index is -0.306. The van der Waals surface area contributed by atoms with Crippen molar-refractivity contribution in [3.63, 3.8) is 0 Å². The van der Waals surface area contributed by atoms with Crippen molar-refractivity contribution >= 4 is 17.7 Å². The van der Waals surface area contributed by atoms with E-state index in [2.05, 4.69) is 5.32 Å². The van der Waals surface area contributed by atoms with Crippen molar-refractivity contribution in [1.29, 1.82) is 0 Å². The second-order valence-electron chi connectivity index (χ2n) is 6.26. The summed E-state index contributed by atoms with van der Waals surface area (Å²) >= 11 is 0. The standard InChI is InChI=1S/C18H22N2O4/c1-2-3-8-20-17(22)14-7-6-12(10-15(14)18(20)23)16(21)19-13-5-4-9-24-11-13/h6-7,10,13H,2-5,8-9,11H2,1H3,(H,19,21). The average Bonchev–Trinajstić information content (AvgIpc) is 2.84. The third kappa shape index (κ3) is 3.19. The van der Waals surface area contributed by atoms with Gasteiger partial charge in [0.05, 0.1) is 23.8 Å². The van der Waals surface area contributed by atoms with Gasteiger partial charge in [0.25, 0.3) is 17.7 Å². The highest BCUT2D eigenvalue weighted by Gasteiger charge is 2.35. The molecule has 2 aliphatic heterocycles. The lowest BCUT2D eigenvalue weighted by molar-refractivity contribution is 0.0624. The molecule has 1 atom stereocenters. The van der Waals surface area contributed by atoms with Crippen LogP contribution in [-0.4, -0.2) is 48.4 Å². The Kier molecular flexibility index (Phi) is 4.94. The minimum absolute atomic E-state index is 0.00195. The molecule has 24 heavy (non-hydrogen) atoms. The van der Waals surface area contributed by atoms with Gasteiger partial charge < -0.3 is 10.1 Å². The summed E-state index contributed by atoms with van der Waals surface area (Å²) < 4.78 is 5.36. The van der Waals surface area contributed by atoms with Crippen LogP contribution in [0.2, 0.25) is 0 Å². The summed E-state index contributed by atoms with van der Waals surface area (Å²) in [7, 11) is 0. The summed E-state index contributed by atoms with van der Waals surface area (Å²) in [6, 6.07) is 4.71. The zero-order valence-electron chi connectivity index (χ0n) is 13.8. The molecule has 1 saturated heterocycles. The number of hydrogen-bond donors (Lipinski definition) is 1. The molecule has 2 aliphatic rings. The lowest BCUT2D eigenvalue weighted by Gasteiger charge is -2.23. The molecular weight excluding hydrogens is 308 g/mol. The molecule has 0 bridgehead atoms. The maximum absolute atomic E-state index is 12.4. The Morgan fingerprint density at radius 1 is 1.29 bits per heavy atom. The van der Waals surface area contributed by atoms with E-state index < -0.39 is 0 Å². The van der Waals surface area contributed by atoms with Crippen molar-refractivity contribution in [3.8, 4) is 0 Å². The number of ether oxygens (including phenoxy) is 1. The zero-order chi connectivity index (χ0) is 17.1. The van der Waals surface area contributed by atoms with Crippen LogP contribution >= 0.6 is 0 Å². The van der Waals surface area contributed by atoms with Crippen LogP contribution in [0, 0.1) is 0 Å². The first-order chi connectivity index (χ1) is 11.6. The monoisotopic (exact) mass is 330 g/mol. The van der Waals surface area contributed by atoms with Gasteiger partial charge >= 0.3 is 0 Å². The van der Waals surface area contributed by atoms with Crippen molar-refractivity contribution in [1.82, 2.24) is 10.2 Å². The number of carbonyl (C=O) groups is 3. The summed E-state index contributed by atoms with van der Waals surface area (Å²) in [5.41, 5.74) is 1.11. The first-order valence-electron chi connectivity index (χ1n) is 8.50. The molecule has 2 heterocycles. The third-order valence-electron chi connectivity index (χ3n) is 4.46. The molecule has 128 valence electrons. The molecule has 6 heteroatoms. The van der Waals surface area contributed by atoms with E-state index >= 15 is 0 Å². The molecule has 0 spiro atoms. The van der Waals surface area contributed by atoms with Gasteiger partial charge in [-0.3, -0.25) is 19.3 Å². The van der Waals surface area contributed by atoms with Crippen molar-refractivity contribution in [2.24, 2.45) is 0 Å². The highest BCUT2D eigenvalue weighted by molar-refractivity contribution is 6.22. The lowest BCUT2D eigenvalue weighted by Crippen LogP contribution is -2.40. The first kappa shape index (κ1) is 16.6. The summed E-state index contributed by atoms with van der Waals surface area (Å²) in [6.45, 7) is 3.67. The van der Waals surface area contributed by atoms with Crippen molar-refractivity contribution in [3.05, 3.63) is 34.9 Å². The van der Waals surface area contributed by atoms with Crippen LogP contribution in [0.3, 0.4) is 0 Å². The predicted molar refractivity (Wildman–Crippen MR) is 88.0 cm³/mol. The quantitative estimate of drug-likeness (QED) is 0.838.